The second kappa shape index (κ2) is 7.00. The zero-order chi connectivity index (χ0) is 14.6. The summed E-state index contributed by atoms with van der Waals surface area (Å²) in [6.45, 7) is 5.58. The molecule has 1 unspecified atom stereocenters. The van der Waals surface area contributed by atoms with Gasteiger partial charge in [-0.2, -0.15) is 0 Å². The molecule has 0 bridgehead atoms. The molecule has 1 aliphatic heterocycles. The van der Waals surface area contributed by atoms with Gasteiger partial charge < -0.3 is 10.0 Å². The molecule has 114 valence electrons. The van der Waals surface area contributed by atoms with E-state index in [1.54, 1.807) is 5.38 Å². The van der Waals surface area contributed by atoms with Crippen LogP contribution in [0.25, 0.3) is 0 Å². The van der Waals surface area contributed by atoms with E-state index in [1.807, 2.05) is 0 Å². The van der Waals surface area contributed by atoms with Gasteiger partial charge in [0.25, 0.3) is 0 Å². The molecule has 0 aromatic carbocycles. The molecule has 0 spiro atoms. The van der Waals surface area contributed by atoms with Crippen molar-refractivity contribution in [2.45, 2.75) is 31.3 Å². The fourth-order valence-corrected chi connectivity index (χ4v) is 4.69. The van der Waals surface area contributed by atoms with Crippen LogP contribution in [0, 0.1) is 5.92 Å². The number of likely N-dealkylation sites (tertiary alicyclic amines) is 1. The molecule has 1 aromatic heterocycles. The van der Waals surface area contributed by atoms with Crippen LogP contribution in [0.15, 0.2) is 16.3 Å². The van der Waals surface area contributed by atoms with E-state index in [4.69, 9.17) is 5.11 Å². The highest BCUT2D eigenvalue weighted by atomic mass is 32.2. The first-order valence-corrected chi connectivity index (χ1v) is 9.28. The van der Waals surface area contributed by atoms with E-state index >= 15 is 0 Å². The Morgan fingerprint density at radius 3 is 2.75 bits per heavy atom. The molecule has 2 rings (SSSR count). The molecule has 0 saturated carbocycles. The molecule has 2 heterocycles. The zero-order valence-corrected chi connectivity index (χ0v) is 13.3. The minimum atomic E-state index is -3.45. The third kappa shape index (κ3) is 4.26. The Kier molecular flexibility index (Phi) is 5.57. The summed E-state index contributed by atoms with van der Waals surface area (Å²) < 4.78 is 26.9. The first-order chi connectivity index (χ1) is 9.51. The van der Waals surface area contributed by atoms with Crippen molar-refractivity contribution in [2.75, 3.05) is 26.2 Å². The maximum atomic E-state index is 12.1. The maximum absolute atomic E-state index is 12.1. The number of hydrogen-bond acceptors (Lipinski definition) is 5. The summed E-state index contributed by atoms with van der Waals surface area (Å²) in [4.78, 5) is 3.29. The van der Waals surface area contributed by atoms with Crippen LogP contribution in [0.4, 0.5) is 0 Å². The van der Waals surface area contributed by atoms with Gasteiger partial charge in [0.2, 0.25) is 10.0 Å². The standard InChI is InChI=1S/C13H22N2O3S2/c1-11(8-15-4-2-3-5-15)7-14-20(17,18)13-6-12(9-16)19-10-13/h6,10-11,14,16H,2-5,7-9H2,1H3. The minimum Gasteiger partial charge on any atom is -0.391 e. The van der Waals surface area contributed by atoms with Crippen LogP contribution in [0.1, 0.15) is 24.6 Å². The van der Waals surface area contributed by atoms with Crippen LogP contribution in [0.2, 0.25) is 0 Å². The van der Waals surface area contributed by atoms with E-state index in [0.29, 0.717) is 17.3 Å². The van der Waals surface area contributed by atoms with Crippen molar-refractivity contribution >= 4 is 21.4 Å². The van der Waals surface area contributed by atoms with Crippen LogP contribution >= 0.6 is 11.3 Å². The fraction of sp³-hybridized carbons (Fsp3) is 0.692. The van der Waals surface area contributed by atoms with Crippen molar-refractivity contribution in [3.63, 3.8) is 0 Å². The average Bonchev–Trinajstić information content (AvgIpc) is 3.07. The van der Waals surface area contributed by atoms with Crippen LogP contribution in [-0.2, 0) is 16.6 Å². The lowest BCUT2D eigenvalue weighted by Gasteiger charge is -2.20. The quantitative estimate of drug-likeness (QED) is 0.794. The van der Waals surface area contributed by atoms with Gasteiger partial charge in [0, 0.05) is 23.3 Å². The van der Waals surface area contributed by atoms with E-state index in [0.717, 1.165) is 19.6 Å². The lowest BCUT2D eigenvalue weighted by molar-refractivity contribution is 0.285. The van der Waals surface area contributed by atoms with E-state index in [9.17, 15) is 8.42 Å². The largest absolute Gasteiger partial charge is 0.391 e. The molecule has 1 aliphatic rings. The molecule has 0 aliphatic carbocycles. The number of nitrogens with one attached hydrogen (secondary N) is 1. The number of sulfonamides is 1. The number of hydrogen-bond donors (Lipinski definition) is 2. The summed E-state index contributed by atoms with van der Waals surface area (Å²) >= 11 is 1.26. The number of aliphatic hydroxyl groups excluding tert-OH is 1. The van der Waals surface area contributed by atoms with E-state index in [2.05, 4.69) is 16.5 Å². The Balaban J connectivity index is 1.85. The van der Waals surface area contributed by atoms with Crippen molar-refractivity contribution < 1.29 is 13.5 Å². The van der Waals surface area contributed by atoms with Gasteiger partial charge in [-0.05, 0) is 37.9 Å². The first kappa shape index (κ1) is 15.9. The number of nitrogens with zero attached hydrogens (tertiary/aromatic N) is 1. The number of rotatable bonds is 7. The lowest BCUT2D eigenvalue weighted by Crippen LogP contribution is -2.34. The fourth-order valence-electron chi connectivity index (χ4n) is 2.39. The molecule has 1 saturated heterocycles. The third-order valence-corrected chi connectivity index (χ3v) is 5.96. The van der Waals surface area contributed by atoms with Crippen LogP contribution < -0.4 is 4.72 Å². The second-order valence-corrected chi connectivity index (χ2v) is 8.13. The third-order valence-electron chi connectivity index (χ3n) is 3.49. The van der Waals surface area contributed by atoms with Gasteiger partial charge in [-0.1, -0.05) is 6.92 Å². The summed E-state index contributed by atoms with van der Waals surface area (Å²) in [6.07, 6.45) is 2.49. The Hall–Kier alpha value is -0.470. The summed E-state index contributed by atoms with van der Waals surface area (Å²) in [7, 11) is -3.45. The van der Waals surface area contributed by atoms with Gasteiger partial charge in [-0.15, -0.1) is 11.3 Å². The predicted octanol–water partition coefficient (Wildman–Crippen LogP) is 1.25. The lowest BCUT2D eigenvalue weighted by atomic mass is 10.2. The smallest absolute Gasteiger partial charge is 0.241 e. The molecule has 1 aromatic rings. The zero-order valence-electron chi connectivity index (χ0n) is 11.7. The summed E-state index contributed by atoms with van der Waals surface area (Å²) in [6, 6.07) is 1.53. The normalized spacial score (nSPS) is 18.5. The van der Waals surface area contributed by atoms with Gasteiger partial charge >= 0.3 is 0 Å². The van der Waals surface area contributed by atoms with E-state index in [-0.39, 0.29) is 11.5 Å². The molecule has 0 amide bonds. The van der Waals surface area contributed by atoms with Crippen molar-refractivity contribution in [3.8, 4) is 0 Å². The molecule has 20 heavy (non-hydrogen) atoms. The monoisotopic (exact) mass is 318 g/mol. The number of thiophene rings is 1. The molecule has 7 heteroatoms. The van der Waals surface area contributed by atoms with Gasteiger partial charge in [0.05, 0.1) is 11.5 Å². The highest BCUT2D eigenvalue weighted by Gasteiger charge is 2.19. The van der Waals surface area contributed by atoms with Gasteiger partial charge in [0.15, 0.2) is 0 Å². The Morgan fingerprint density at radius 2 is 2.15 bits per heavy atom. The highest BCUT2D eigenvalue weighted by Crippen LogP contribution is 2.19. The van der Waals surface area contributed by atoms with E-state index < -0.39 is 10.0 Å². The Labute approximate surface area is 124 Å². The van der Waals surface area contributed by atoms with E-state index in [1.165, 1.54) is 30.2 Å². The van der Waals surface area contributed by atoms with Crippen LogP contribution in [0.5, 0.6) is 0 Å². The molecule has 1 atom stereocenters. The second-order valence-electron chi connectivity index (χ2n) is 5.37. The van der Waals surface area contributed by atoms with Crippen LogP contribution in [-0.4, -0.2) is 44.6 Å². The average molecular weight is 318 g/mol. The van der Waals surface area contributed by atoms with Gasteiger partial charge in [0.1, 0.15) is 0 Å². The van der Waals surface area contributed by atoms with Gasteiger partial charge in [-0.3, -0.25) is 0 Å². The van der Waals surface area contributed by atoms with Crippen molar-refractivity contribution in [3.05, 3.63) is 16.3 Å². The van der Waals surface area contributed by atoms with Gasteiger partial charge in [-0.25, -0.2) is 13.1 Å². The topological polar surface area (TPSA) is 69.6 Å². The molecule has 2 N–H and O–H groups in total. The van der Waals surface area contributed by atoms with Crippen LogP contribution in [0.3, 0.4) is 0 Å². The number of aliphatic hydroxyl groups is 1. The van der Waals surface area contributed by atoms with Crippen molar-refractivity contribution in [1.82, 2.24) is 9.62 Å². The van der Waals surface area contributed by atoms with Crippen molar-refractivity contribution in [2.24, 2.45) is 5.92 Å². The first-order valence-electron chi connectivity index (χ1n) is 6.91. The molecular formula is C13H22N2O3S2. The maximum Gasteiger partial charge on any atom is 0.241 e. The summed E-state index contributed by atoms with van der Waals surface area (Å²) in [5.41, 5.74) is 0. The molecular weight excluding hydrogens is 296 g/mol. The minimum absolute atomic E-state index is 0.119. The predicted molar refractivity (Wildman–Crippen MR) is 80.3 cm³/mol. The SMILES string of the molecule is CC(CNS(=O)(=O)c1csc(CO)c1)CN1CCCC1. The molecule has 1 fully saturated rings. The molecule has 0 radical (unpaired) electrons. The Morgan fingerprint density at radius 1 is 1.45 bits per heavy atom. The van der Waals surface area contributed by atoms with Crippen molar-refractivity contribution in [1.29, 1.82) is 0 Å². The molecule has 5 nitrogen and oxygen atoms in total. The summed E-state index contributed by atoms with van der Waals surface area (Å²) in [5.74, 6) is 0.291. The Bertz CT molecular complexity index is 521. The highest BCUT2D eigenvalue weighted by molar-refractivity contribution is 7.89. The summed E-state index contributed by atoms with van der Waals surface area (Å²) in [5, 5.41) is 10.6.